The first-order valence-corrected chi connectivity index (χ1v) is 12.7. The normalized spacial score (nSPS) is 11.0. The Balaban J connectivity index is 1.54. The number of hydrogen-bond acceptors (Lipinski definition) is 5. The van der Waals surface area contributed by atoms with Crippen LogP contribution in [0.1, 0.15) is 96.8 Å². The standard InChI is InChI=1S/C26H41F2N5/c1-2-3-4-5-6-7-8-9-10-11-12-13-14-15-18-30-25-24(29)26(32-20-31-25)33-23-19-21(27)16-17-22(23)28/h16-17,19-20H,2-15,18,29H2,1H3,(H2,30,31,32,33). The molecular weight excluding hydrogens is 420 g/mol. The maximum atomic E-state index is 13.9. The van der Waals surface area contributed by atoms with Crippen LogP contribution < -0.4 is 16.4 Å². The number of aromatic nitrogens is 2. The molecule has 0 saturated carbocycles. The topological polar surface area (TPSA) is 75.9 Å². The molecular formula is C26H41F2N5. The summed E-state index contributed by atoms with van der Waals surface area (Å²) in [5.74, 6) is -0.369. The Labute approximate surface area is 198 Å². The molecule has 1 aromatic carbocycles. The monoisotopic (exact) mass is 461 g/mol. The van der Waals surface area contributed by atoms with E-state index in [1.54, 1.807) is 0 Å². The second-order valence-electron chi connectivity index (χ2n) is 8.76. The van der Waals surface area contributed by atoms with E-state index in [4.69, 9.17) is 5.73 Å². The van der Waals surface area contributed by atoms with Crippen LogP contribution in [-0.4, -0.2) is 16.5 Å². The van der Waals surface area contributed by atoms with Crippen LogP contribution in [0.25, 0.3) is 0 Å². The van der Waals surface area contributed by atoms with Gasteiger partial charge >= 0.3 is 0 Å². The largest absolute Gasteiger partial charge is 0.393 e. The number of nitrogens with zero attached hydrogens (tertiary/aromatic N) is 2. The summed E-state index contributed by atoms with van der Waals surface area (Å²) in [5, 5.41) is 5.97. The molecule has 0 aliphatic heterocycles. The van der Waals surface area contributed by atoms with E-state index in [2.05, 4.69) is 27.5 Å². The molecule has 1 aromatic heterocycles. The average molecular weight is 462 g/mol. The molecule has 0 unspecified atom stereocenters. The van der Waals surface area contributed by atoms with Crippen molar-refractivity contribution in [3.8, 4) is 0 Å². The molecule has 0 amide bonds. The molecule has 0 radical (unpaired) electrons. The van der Waals surface area contributed by atoms with Crippen LogP contribution >= 0.6 is 0 Å². The fourth-order valence-electron chi connectivity index (χ4n) is 3.88. The van der Waals surface area contributed by atoms with E-state index in [0.29, 0.717) is 5.82 Å². The highest BCUT2D eigenvalue weighted by Gasteiger charge is 2.11. The third kappa shape index (κ3) is 10.8. The highest BCUT2D eigenvalue weighted by atomic mass is 19.1. The fourth-order valence-corrected chi connectivity index (χ4v) is 3.88. The van der Waals surface area contributed by atoms with Gasteiger partial charge in [0.1, 0.15) is 23.6 Å². The predicted octanol–water partition coefficient (Wildman–Crippen LogP) is 7.97. The number of unbranched alkanes of at least 4 members (excludes halogenated alkanes) is 13. The van der Waals surface area contributed by atoms with E-state index in [0.717, 1.165) is 37.6 Å². The molecule has 33 heavy (non-hydrogen) atoms. The van der Waals surface area contributed by atoms with Crippen molar-refractivity contribution in [2.24, 2.45) is 0 Å². The highest BCUT2D eigenvalue weighted by Crippen LogP contribution is 2.27. The van der Waals surface area contributed by atoms with Crippen molar-refractivity contribution in [3.63, 3.8) is 0 Å². The molecule has 0 saturated heterocycles. The molecule has 2 aromatic rings. The number of nitrogen functional groups attached to an aromatic ring is 1. The Morgan fingerprint density at radius 3 is 1.91 bits per heavy atom. The van der Waals surface area contributed by atoms with Crippen LogP contribution in [0.3, 0.4) is 0 Å². The molecule has 0 fully saturated rings. The third-order valence-electron chi connectivity index (χ3n) is 5.89. The second-order valence-corrected chi connectivity index (χ2v) is 8.76. The van der Waals surface area contributed by atoms with Gasteiger partial charge in [-0.1, -0.05) is 90.4 Å². The van der Waals surface area contributed by atoms with E-state index in [9.17, 15) is 8.78 Å². The van der Waals surface area contributed by atoms with Gasteiger partial charge in [-0.15, -0.1) is 0 Å². The molecule has 0 bridgehead atoms. The number of anilines is 4. The first-order chi connectivity index (χ1) is 16.1. The summed E-state index contributed by atoms with van der Waals surface area (Å²) in [5.41, 5.74) is 6.38. The van der Waals surface area contributed by atoms with E-state index in [1.807, 2.05) is 0 Å². The predicted molar refractivity (Wildman–Crippen MR) is 135 cm³/mol. The smallest absolute Gasteiger partial charge is 0.159 e. The zero-order valence-corrected chi connectivity index (χ0v) is 20.1. The quantitative estimate of drug-likeness (QED) is 0.196. The molecule has 2 rings (SSSR count). The summed E-state index contributed by atoms with van der Waals surface area (Å²) in [6.45, 7) is 3.02. The van der Waals surface area contributed by atoms with E-state index >= 15 is 0 Å². The van der Waals surface area contributed by atoms with Crippen LogP contribution in [0.4, 0.5) is 31.8 Å². The molecule has 4 N–H and O–H groups in total. The van der Waals surface area contributed by atoms with Gasteiger partial charge in [-0.3, -0.25) is 0 Å². The van der Waals surface area contributed by atoms with Gasteiger partial charge in [0.05, 0.1) is 5.69 Å². The van der Waals surface area contributed by atoms with Crippen molar-refractivity contribution in [2.75, 3.05) is 22.9 Å². The number of halogens is 2. The molecule has 5 nitrogen and oxygen atoms in total. The van der Waals surface area contributed by atoms with Crippen LogP contribution in [0, 0.1) is 11.6 Å². The maximum absolute atomic E-state index is 13.9. The number of benzene rings is 1. The van der Waals surface area contributed by atoms with Crippen LogP contribution in [0.15, 0.2) is 24.5 Å². The average Bonchev–Trinajstić information content (AvgIpc) is 2.81. The van der Waals surface area contributed by atoms with Gasteiger partial charge < -0.3 is 16.4 Å². The lowest BCUT2D eigenvalue weighted by molar-refractivity contribution is 0.537. The van der Waals surface area contributed by atoms with Gasteiger partial charge in [0, 0.05) is 12.6 Å². The molecule has 7 heteroatoms. The van der Waals surface area contributed by atoms with Crippen LogP contribution in [-0.2, 0) is 0 Å². The third-order valence-corrected chi connectivity index (χ3v) is 5.89. The Kier molecular flexibility index (Phi) is 13.2. The Hall–Kier alpha value is -2.44. The molecule has 1 heterocycles. The zero-order chi connectivity index (χ0) is 23.7. The van der Waals surface area contributed by atoms with Crippen molar-refractivity contribution in [2.45, 2.75) is 96.8 Å². The van der Waals surface area contributed by atoms with Crippen molar-refractivity contribution >= 4 is 23.0 Å². The maximum Gasteiger partial charge on any atom is 0.159 e. The van der Waals surface area contributed by atoms with E-state index < -0.39 is 11.6 Å². The highest BCUT2D eigenvalue weighted by molar-refractivity contribution is 5.77. The van der Waals surface area contributed by atoms with Gasteiger partial charge in [-0.25, -0.2) is 18.7 Å². The van der Waals surface area contributed by atoms with E-state index in [-0.39, 0.29) is 17.2 Å². The summed E-state index contributed by atoms with van der Waals surface area (Å²) in [7, 11) is 0. The minimum absolute atomic E-state index is 0.0154. The SMILES string of the molecule is CCCCCCCCCCCCCCCCNc1ncnc(Nc2cc(F)ccc2F)c1N. The lowest BCUT2D eigenvalue weighted by atomic mass is 10.0. The number of rotatable bonds is 18. The van der Waals surface area contributed by atoms with Gasteiger partial charge in [0.25, 0.3) is 0 Å². The molecule has 0 atom stereocenters. The lowest BCUT2D eigenvalue weighted by Gasteiger charge is -2.13. The molecule has 0 aliphatic carbocycles. The Morgan fingerprint density at radius 1 is 0.758 bits per heavy atom. The molecule has 0 spiro atoms. The first kappa shape index (κ1) is 26.8. The Bertz CT molecular complexity index is 800. The minimum atomic E-state index is -0.577. The summed E-state index contributed by atoms with van der Waals surface area (Å²) >= 11 is 0. The fraction of sp³-hybridized carbons (Fsp3) is 0.615. The van der Waals surface area contributed by atoms with Gasteiger partial charge in [0.15, 0.2) is 11.6 Å². The minimum Gasteiger partial charge on any atom is -0.393 e. The van der Waals surface area contributed by atoms with Gasteiger partial charge in [-0.05, 0) is 18.6 Å². The van der Waals surface area contributed by atoms with Crippen molar-refractivity contribution in [3.05, 3.63) is 36.2 Å². The van der Waals surface area contributed by atoms with Crippen LogP contribution in [0.5, 0.6) is 0 Å². The molecule has 184 valence electrons. The zero-order valence-electron chi connectivity index (χ0n) is 20.1. The van der Waals surface area contributed by atoms with Crippen LogP contribution in [0.2, 0.25) is 0 Å². The van der Waals surface area contributed by atoms with Crippen molar-refractivity contribution < 1.29 is 8.78 Å². The summed E-state index contributed by atoms with van der Waals surface area (Å²) < 4.78 is 27.2. The number of nitrogens with two attached hydrogens (primary N) is 1. The number of nitrogens with one attached hydrogen (secondary N) is 2. The number of hydrogen-bond donors (Lipinski definition) is 3. The first-order valence-electron chi connectivity index (χ1n) is 12.7. The second kappa shape index (κ2) is 16.2. The lowest BCUT2D eigenvalue weighted by Crippen LogP contribution is -2.09. The summed E-state index contributed by atoms with van der Waals surface area (Å²) in [6.07, 6.45) is 19.8. The van der Waals surface area contributed by atoms with Crippen molar-refractivity contribution in [1.82, 2.24) is 9.97 Å². The Morgan fingerprint density at radius 2 is 1.30 bits per heavy atom. The van der Waals surface area contributed by atoms with E-state index in [1.165, 1.54) is 83.4 Å². The van der Waals surface area contributed by atoms with Gasteiger partial charge in [-0.2, -0.15) is 0 Å². The van der Waals surface area contributed by atoms with Crippen molar-refractivity contribution in [1.29, 1.82) is 0 Å². The summed E-state index contributed by atoms with van der Waals surface area (Å²) in [6, 6.07) is 3.19. The molecule has 0 aliphatic rings. The van der Waals surface area contributed by atoms with Gasteiger partial charge in [0.2, 0.25) is 0 Å². The summed E-state index contributed by atoms with van der Waals surface area (Å²) in [4.78, 5) is 8.22.